The average Bonchev–Trinajstić information content (AvgIpc) is 2.60. The minimum absolute atomic E-state index is 0.0394. The number of fused-ring (bicyclic) bond motifs is 1. The van der Waals surface area contributed by atoms with Gasteiger partial charge in [-0.15, -0.1) is 0 Å². The normalized spacial score (nSPS) is 35.2. The van der Waals surface area contributed by atoms with Crippen molar-refractivity contribution in [3.8, 4) is 0 Å². The van der Waals surface area contributed by atoms with E-state index in [-0.39, 0.29) is 16.8 Å². The molecule has 0 bridgehead atoms. The fourth-order valence-electron chi connectivity index (χ4n) is 5.88. The van der Waals surface area contributed by atoms with E-state index in [0.717, 1.165) is 44.9 Å². The highest BCUT2D eigenvalue weighted by Gasteiger charge is 2.57. The van der Waals surface area contributed by atoms with Gasteiger partial charge in [0.2, 0.25) is 0 Å². The van der Waals surface area contributed by atoms with Gasteiger partial charge in [-0.05, 0) is 74.1 Å². The Morgan fingerprint density at radius 3 is 2.81 bits per heavy atom. The van der Waals surface area contributed by atoms with Crippen LogP contribution in [0.25, 0.3) is 10.4 Å². The lowest BCUT2D eigenvalue weighted by Gasteiger charge is -2.57. The lowest BCUT2D eigenvalue weighted by molar-refractivity contribution is -0.168. The summed E-state index contributed by atoms with van der Waals surface area (Å²) in [6, 6.07) is 0. The highest BCUT2D eigenvalue weighted by molar-refractivity contribution is 5.77. The van der Waals surface area contributed by atoms with Crippen LogP contribution in [0.2, 0.25) is 0 Å². The number of ether oxygens (including phenoxy) is 1. The Kier molecular flexibility index (Phi) is 6.79. The number of allylic oxidation sites excluding steroid dienone is 1. The molecule has 0 heterocycles. The van der Waals surface area contributed by atoms with Crippen molar-refractivity contribution in [2.45, 2.75) is 72.1 Å². The molecule has 2 fully saturated rings. The maximum Gasteiger partial charge on any atom is 0.311 e. The largest absolute Gasteiger partial charge is 0.469 e. The predicted octanol–water partition coefficient (Wildman–Crippen LogP) is 6.06. The number of carbonyl (C=O) groups excluding carboxylic acids is 1. The van der Waals surface area contributed by atoms with Crippen molar-refractivity contribution in [1.29, 1.82) is 0 Å². The lowest BCUT2D eigenvalue weighted by Crippen LogP contribution is -2.53. The first kappa shape index (κ1) is 20.8. The zero-order chi connectivity index (χ0) is 19.4. The molecule has 5 atom stereocenters. The zero-order valence-corrected chi connectivity index (χ0v) is 17.0. The SMILES string of the molecule is C=C1CCC2[C@](C)(CCC[C@]2(C)C(=O)OC)[C@H]1CC[C@@H](C)CCN=[N+]=[N-]. The minimum Gasteiger partial charge on any atom is -0.469 e. The van der Waals surface area contributed by atoms with Crippen LogP contribution >= 0.6 is 0 Å². The highest BCUT2D eigenvalue weighted by atomic mass is 16.5. The zero-order valence-electron chi connectivity index (χ0n) is 17.0. The molecule has 2 aliphatic carbocycles. The van der Waals surface area contributed by atoms with E-state index in [9.17, 15) is 4.79 Å². The van der Waals surface area contributed by atoms with E-state index >= 15 is 0 Å². The molecule has 0 amide bonds. The number of hydrogen-bond donors (Lipinski definition) is 0. The summed E-state index contributed by atoms with van der Waals surface area (Å²) in [5.74, 6) is 1.33. The highest BCUT2D eigenvalue weighted by Crippen LogP contribution is 2.62. The van der Waals surface area contributed by atoms with Crippen molar-refractivity contribution >= 4 is 5.97 Å². The summed E-state index contributed by atoms with van der Waals surface area (Å²) >= 11 is 0. The van der Waals surface area contributed by atoms with Gasteiger partial charge in [0.25, 0.3) is 0 Å². The van der Waals surface area contributed by atoms with Crippen LogP contribution in [0.5, 0.6) is 0 Å². The van der Waals surface area contributed by atoms with Crippen molar-refractivity contribution in [2.24, 2.45) is 33.7 Å². The summed E-state index contributed by atoms with van der Waals surface area (Å²) in [5, 5.41) is 3.66. The number of methoxy groups -OCH3 is 1. The summed E-state index contributed by atoms with van der Waals surface area (Å²) in [6.07, 6.45) is 8.40. The van der Waals surface area contributed by atoms with Crippen molar-refractivity contribution in [3.63, 3.8) is 0 Å². The van der Waals surface area contributed by atoms with Crippen LogP contribution < -0.4 is 0 Å². The van der Waals surface area contributed by atoms with Gasteiger partial charge in [0, 0.05) is 11.5 Å². The van der Waals surface area contributed by atoms with Gasteiger partial charge in [-0.1, -0.05) is 44.0 Å². The molecule has 0 N–H and O–H groups in total. The van der Waals surface area contributed by atoms with E-state index in [1.165, 1.54) is 19.1 Å². The molecule has 26 heavy (non-hydrogen) atoms. The summed E-state index contributed by atoms with van der Waals surface area (Å²) < 4.78 is 5.20. The monoisotopic (exact) mass is 361 g/mol. The Balaban J connectivity index is 2.14. The van der Waals surface area contributed by atoms with Crippen molar-refractivity contribution in [2.75, 3.05) is 13.7 Å². The topological polar surface area (TPSA) is 75.1 Å². The molecule has 0 aromatic rings. The quantitative estimate of drug-likeness (QED) is 0.182. The number of azide groups is 1. The van der Waals surface area contributed by atoms with Crippen molar-refractivity contribution in [1.82, 2.24) is 0 Å². The summed E-state index contributed by atoms with van der Waals surface area (Å²) in [7, 11) is 1.52. The molecule has 5 heteroatoms. The van der Waals surface area contributed by atoms with Crippen LogP contribution in [0.3, 0.4) is 0 Å². The van der Waals surface area contributed by atoms with Crippen molar-refractivity contribution < 1.29 is 9.53 Å². The van der Waals surface area contributed by atoms with Crippen LogP contribution in [0.1, 0.15) is 72.1 Å². The molecule has 0 saturated heterocycles. The summed E-state index contributed by atoms with van der Waals surface area (Å²) in [5.41, 5.74) is 9.55. The Morgan fingerprint density at radius 2 is 2.15 bits per heavy atom. The number of esters is 1. The maximum absolute atomic E-state index is 12.6. The number of carbonyl (C=O) groups is 1. The van der Waals surface area contributed by atoms with Crippen LogP contribution in [-0.2, 0) is 9.53 Å². The molecule has 0 aromatic carbocycles. The average molecular weight is 362 g/mol. The van der Waals surface area contributed by atoms with E-state index < -0.39 is 0 Å². The minimum atomic E-state index is -0.367. The van der Waals surface area contributed by atoms with Gasteiger partial charge in [0.1, 0.15) is 0 Å². The molecule has 2 saturated carbocycles. The molecule has 5 nitrogen and oxygen atoms in total. The summed E-state index contributed by atoms with van der Waals surface area (Å²) in [6.45, 7) is 11.7. The number of rotatable bonds is 7. The third-order valence-corrected chi connectivity index (χ3v) is 7.40. The standard InChI is InChI=1S/C21H35N3O2/c1-15(11-14-23-24-22)7-9-17-16(2)8-10-18-20(17,3)12-6-13-21(18,4)19(25)26-5/h15,17-18H,2,6-14H2,1,3-5H3/t15-,17+,18?,20-,21+/m1/s1. The van der Waals surface area contributed by atoms with Gasteiger partial charge in [0.15, 0.2) is 0 Å². The molecule has 0 spiro atoms. The number of hydrogen-bond acceptors (Lipinski definition) is 3. The second kappa shape index (κ2) is 8.47. The molecule has 2 rings (SSSR count). The first-order chi connectivity index (χ1) is 12.3. The molecule has 0 aliphatic heterocycles. The van der Waals surface area contributed by atoms with E-state index in [1.54, 1.807) is 0 Å². The second-order valence-corrected chi connectivity index (χ2v) is 9.00. The van der Waals surface area contributed by atoms with Gasteiger partial charge in [-0.2, -0.15) is 0 Å². The van der Waals surface area contributed by atoms with Crippen LogP contribution in [0, 0.1) is 28.6 Å². The maximum atomic E-state index is 12.6. The van der Waals surface area contributed by atoms with Crippen molar-refractivity contribution in [3.05, 3.63) is 22.6 Å². The second-order valence-electron chi connectivity index (χ2n) is 9.00. The molecule has 0 radical (unpaired) electrons. The third kappa shape index (κ3) is 3.93. The Bertz CT molecular complexity index is 584. The van der Waals surface area contributed by atoms with Gasteiger partial charge in [-0.3, -0.25) is 4.79 Å². The lowest BCUT2D eigenvalue weighted by atomic mass is 9.46. The van der Waals surface area contributed by atoms with Gasteiger partial charge < -0.3 is 4.74 Å². The molecule has 0 aromatic heterocycles. The van der Waals surface area contributed by atoms with Crippen LogP contribution in [-0.4, -0.2) is 19.6 Å². The Labute approximate surface area is 158 Å². The summed E-state index contributed by atoms with van der Waals surface area (Å²) in [4.78, 5) is 15.4. The predicted molar refractivity (Wildman–Crippen MR) is 104 cm³/mol. The fraction of sp³-hybridized carbons (Fsp3) is 0.857. The Hall–Kier alpha value is -1.48. The first-order valence-electron chi connectivity index (χ1n) is 10.1. The van der Waals surface area contributed by atoms with Gasteiger partial charge in [0.05, 0.1) is 12.5 Å². The number of nitrogens with zero attached hydrogens (tertiary/aromatic N) is 3. The van der Waals surface area contributed by atoms with Crippen LogP contribution in [0.15, 0.2) is 17.3 Å². The van der Waals surface area contributed by atoms with E-state index in [2.05, 4.69) is 37.4 Å². The molecular weight excluding hydrogens is 326 g/mol. The smallest absolute Gasteiger partial charge is 0.311 e. The first-order valence-corrected chi connectivity index (χ1v) is 10.1. The Morgan fingerprint density at radius 1 is 1.42 bits per heavy atom. The molecular formula is C21H35N3O2. The van der Waals surface area contributed by atoms with Crippen LogP contribution in [0.4, 0.5) is 0 Å². The van der Waals surface area contributed by atoms with Gasteiger partial charge in [-0.25, -0.2) is 0 Å². The third-order valence-electron chi connectivity index (χ3n) is 7.40. The fourth-order valence-corrected chi connectivity index (χ4v) is 5.88. The molecule has 1 unspecified atom stereocenters. The molecule has 2 aliphatic rings. The van der Waals surface area contributed by atoms with Gasteiger partial charge >= 0.3 is 5.97 Å². The molecule has 146 valence electrons. The van der Waals surface area contributed by atoms with E-state index in [0.29, 0.717) is 24.3 Å². The van der Waals surface area contributed by atoms with E-state index in [4.69, 9.17) is 10.3 Å². The van der Waals surface area contributed by atoms with E-state index in [1.807, 2.05) is 0 Å².